The Balaban J connectivity index is 1.49. The van der Waals surface area contributed by atoms with Gasteiger partial charge in [0.2, 0.25) is 0 Å². The standard InChI is InChI=1S/C20H22N4O2/c25-14-16-4-5-19-20(12-16)24(15-22-19)17-2-1-3-18(13-17)26-11-10-23-8-6-21-7-9-23/h1-5,12-15,21H,6-11H2. The van der Waals surface area contributed by atoms with Crippen LogP contribution in [0.25, 0.3) is 16.7 Å². The number of aldehydes is 1. The molecule has 0 spiro atoms. The first-order valence-electron chi connectivity index (χ1n) is 8.92. The maximum absolute atomic E-state index is 11.1. The molecule has 0 saturated carbocycles. The number of benzene rings is 2. The minimum Gasteiger partial charge on any atom is -0.492 e. The monoisotopic (exact) mass is 350 g/mol. The number of nitrogens with zero attached hydrogens (tertiary/aromatic N) is 3. The summed E-state index contributed by atoms with van der Waals surface area (Å²) in [5.41, 5.74) is 3.38. The van der Waals surface area contributed by atoms with E-state index in [9.17, 15) is 4.79 Å². The number of ether oxygens (including phenoxy) is 1. The lowest BCUT2D eigenvalue weighted by Crippen LogP contribution is -2.44. The maximum atomic E-state index is 11.1. The van der Waals surface area contributed by atoms with Crippen molar-refractivity contribution in [2.24, 2.45) is 0 Å². The van der Waals surface area contributed by atoms with Gasteiger partial charge in [-0.1, -0.05) is 6.07 Å². The molecule has 0 amide bonds. The minimum absolute atomic E-state index is 0.641. The maximum Gasteiger partial charge on any atom is 0.150 e. The molecule has 1 aliphatic heterocycles. The molecule has 134 valence electrons. The zero-order valence-corrected chi connectivity index (χ0v) is 14.6. The highest BCUT2D eigenvalue weighted by atomic mass is 16.5. The Morgan fingerprint density at radius 2 is 2.04 bits per heavy atom. The molecule has 26 heavy (non-hydrogen) atoms. The first-order chi connectivity index (χ1) is 12.8. The fraction of sp³-hybridized carbons (Fsp3) is 0.300. The fourth-order valence-electron chi connectivity index (χ4n) is 3.25. The van der Waals surface area contributed by atoms with E-state index < -0.39 is 0 Å². The summed E-state index contributed by atoms with van der Waals surface area (Å²) in [4.78, 5) is 17.9. The van der Waals surface area contributed by atoms with E-state index in [0.29, 0.717) is 12.2 Å². The highest BCUT2D eigenvalue weighted by Crippen LogP contribution is 2.22. The number of rotatable bonds is 6. The molecule has 0 aliphatic carbocycles. The Hall–Kier alpha value is -2.70. The normalized spacial score (nSPS) is 15.2. The molecule has 2 aromatic carbocycles. The van der Waals surface area contributed by atoms with Crippen LogP contribution in [0.15, 0.2) is 48.8 Å². The van der Waals surface area contributed by atoms with Gasteiger partial charge in [-0.25, -0.2) is 4.98 Å². The second-order valence-corrected chi connectivity index (χ2v) is 6.42. The lowest BCUT2D eigenvalue weighted by Gasteiger charge is -2.26. The van der Waals surface area contributed by atoms with Gasteiger partial charge in [-0.15, -0.1) is 0 Å². The van der Waals surface area contributed by atoms with Crippen molar-refractivity contribution >= 4 is 17.3 Å². The van der Waals surface area contributed by atoms with Crippen molar-refractivity contribution in [2.45, 2.75) is 0 Å². The summed E-state index contributed by atoms with van der Waals surface area (Å²) in [6, 6.07) is 13.5. The van der Waals surface area contributed by atoms with Crippen LogP contribution in [-0.2, 0) is 0 Å². The van der Waals surface area contributed by atoms with E-state index in [-0.39, 0.29) is 0 Å². The van der Waals surface area contributed by atoms with Crippen LogP contribution in [0, 0.1) is 0 Å². The smallest absolute Gasteiger partial charge is 0.150 e. The summed E-state index contributed by atoms with van der Waals surface area (Å²) in [7, 11) is 0. The fourth-order valence-corrected chi connectivity index (χ4v) is 3.25. The van der Waals surface area contributed by atoms with Crippen molar-refractivity contribution in [3.05, 3.63) is 54.4 Å². The quantitative estimate of drug-likeness (QED) is 0.690. The molecule has 1 fully saturated rings. The molecule has 3 aromatic rings. The average molecular weight is 350 g/mol. The van der Waals surface area contributed by atoms with E-state index in [2.05, 4.69) is 15.2 Å². The molecule has 1 aromatic heterocycles. The summed E-state index contributed by atoms with van der Waals surface area (Å²) in [6.07, 6.45) is 2.63. The number of piperazine rings is 1. The molecule has 1 N–H and O–H groups in total. The van der Waals surface area contributed by atoms with E-state index in [4.69, 9.17) is 4.74 Å². The molecule has 4 rings (SSSR count). The van der Waals surface area contributed by atoms with Crippen molar-refractivity contribution in [1.82, 2.24) is 19.8 Å². The van der Waals surface area contributed by atoms with Gasteiger partial charge in [0.05, 0.1) is 16.7 Å². The van der Waals surface area contributed by atoms with Gasteiger partial charge in [0.1, 0.15) is 25.0 Å². The number of aromatic nitrogens is 2. The van der Waals surface area contributed by atoms with Crippen LogP contribution in [-0.4, -0.2) is 60.1 Å². The van der Waals surface area contributed by atoms with E-state index in [1.807, 2.05) is 41.0 Å². The number of fused-ring (bicyclic) bond motifs is 1. The first-order valence-corrected chi connectivity index (χ1v) is 8.92. The second kappa shape index (κ2) is 7.68. The second-order valence-electron chi connectivity index (χ2n) is 6.42. The van der Waals surface area contributed by atoms with Gasteiger partial charge < -0.3 is 10.1 Å². The number of hydrogen-bond acceptors (Lipinski definition) is 5. The van der Waals surface area contributed by atoms with Gasteiger partial charge in [-0.3, -0.25) is 14.3 Å². The largest absolute Gasteiger partial charge is 0.492 e. The first kappa shape index (κ1) is 16.8. The molecule has 1 saturated heterocycles. The molecule has 6 nitrogen and oxygen atoms in total. The van der Waals surface area contributed by atoms with Crippen LogP contribution in [0.5, 0.6) is 5.75 Å². The third kappa shape index (κ3) is 3.61. The number of carbonyl (C=O) groups excluding carboxylic acids is 1. The molecule has 6 heteroatoms. The molecule has 0 bridgehead atoms. The molecule has 2 heterocycles. The Kier molecular flexibility index (Phi) is 4.95. The van der Waals surface area contributed by atoms with Crippen LogP contribution >= 0.6 is 0 Å². The molecule has 0 atom stereocenters. The average Bonchev–Trinajstić information content (AvgIpc) is 3.12. The lowest BCUT2D eigenvalue weighted by atomic mass is 10.2. The predicted molar refractivity (Wildman–Crippen MR) is 101 cm³/mol. The highest BCUT2D eigenvalue weighted by Gasteiger charge is 2.10. The van der Waals surface area contributed by atoms with E-state index in [1.54, 1.807) is 12.4 Å². The van der Waals surface area contributed by atoms with Crippen molar-refractivity contribution in [1.29, 1.82) is 0 Å². The summed E-state index contributed by atoms with van der Waals surface area (Å²) < 4.78 is 7.93. The van der Waals surface area contributed by atoms with Crippen molar-refractivity contribution in [2.75, 3.05) is 39.3 Å². The van der Waals surface area contributed by atoms with Gasteiger partial charge in [0, 0.05) is 44.4 Å². The zero-order valence-electron chi connectivity index (χ0n) is 14.6. The number of carbonyl (C=O) groups is 1. The van der Waals surface area contributed by atoms with Crippen LogP contribution in [0.2, 0.25) is 0 Å². The van der Waals surface area contributed by atoms with Crippen molar-refractivity contribution in [3.8, 4) is 11.4 Å². The van der Waals surface area contributed by atoms with Gasteiger partial charge in [-0.05, 0) is 30.3 Å². The summed E-state index contributed by atoms with van der Waals surface area (Å²) in [5.74, 6) is 0.839. The Morgan fingerprint density at radius 1 is 1.15 bits per heavy atom. The van der Waals surface area contributed by atoms with Gasteiger partial charge in [-0.2, -0.15) is 0 Å². The van der Waals surface area contributed by atoms with Crippen LogP contribution in [0.4, 0.5) is 0 Å². The molecular formula is C20H22N4O2. The van der Waals surface area contributed by atoms with Gasteiger partial charge in [0.25, 0.3) is 0 Å². The predicted octanol–water partition coefficient (Wildman–Crippen LogP) is 2.12. The molecule has 1 aliphatic rings. The summed E-state index contributed by atoms with van der Waals surface area (Å²) >= 11 is 0. The molecule has 0 radical (unpaired) electrons. The third-order valence-electron chi connectivity index (χ3n) is 4.69. The van der Waals surface area contributed by atoms with E-state index in [0.717, 1.165) is 61.5 Å². The summed E-state index contributed by atoms with van der Waals surface area (Å²) in [6.45, 7) is 5.84. The SMILES string of the molecule is O=Cc1ccc2ncn(-c3cccc(OCCN4CCNCC4)c3)c2c1. The minimum atomic E-state index is 0.641. The Bertz CT molecular complexity index is 900. The van der Waals surface area contributed by atoms with E-state index >= 15 is 0 Å². The van der Waals surface area contributed by atoms with Gasteiger partial charge >= 0.3 is 0 Å². The van der Waals surface area contributed by atoms with Crippen LogP contribution < -0.4 is 10.1 Å². The third-order valence-corrected chi connectivity index (χ3v) is 4.69. The topological polar surface area (TPSA) is 59.4 Å². The van der Waals surface area contributed by atoms with Crippen molar-refractivity contribution < 1.29 is 9.53 Å². The number of imidazole rings is 1. The van der Waals surface area contributed by atoms with E-state index in [1.165, 1.54) is 0 Å². The number of hydrogen-bond donors (Lipinski definition) is 1. The van der Waals surface area contributed by atoms with Crippen LogP contribution in [0.1, 0.15) is 10.4 Å². The molecule has 0 unspecified atom stereocenters. The Morgan fingerprint density at radius 3 is 2.88 bits per heavy atom. The summed E-state index contributed by atoms with van der Waals surface area (Å²) in [5, 5.41) is 3.36. The highest BCUT2D eigenvalue weighted by molar-refractivity contribution is 5.85. The lowest BCUT2D eigenvalue weighted by molar-refractivity contribution is 0.112. The zero-order chi connectivity index (χ0) is 17.8. The number of nitrogens with one attached hydrogen (secondary N) is 1. The van der Waals surface area contributed by atoms with Crippen LogP contribution in [0.3, 0.4) is 0 Å². The Labute approximate surface area is 152 Å². The molecular weight excluding hydrogens is 328 g/mol. The van der Waals surface area contributed by atoms with Gasteiger partial charge in [0.15, 0.2) is 0 Å². The van der Waals surface area contributed by atoms with Crippen molar-refractivity contribution in [3.63, 3.8) is 0 Å².